The average Bonchev–Trinajstić information content (AvgIpc) is 3.44. The van der Waals surface area contributed by atoms with Crippen molar-refractivity contribution >= 4 is 5.96 Å². The second-order valence-electron chi connectivity index (χ2n) is 7.54. The van der Waals surface area contributed by atoms with Crippen LogP contribution in [-0.2, 0) is 6.42 Å². The lowest BCUT2D eigenvalue weighted by atomic mass is 9.82. The van der Waals surface area contributed by atoms with Gasteiger partial charge in [-0.2, -0.15) is 5.10 Å². The standard InChI is InChI=1S/C22H28N6O/c1-16-15-28(13-11-18(16)17-7-4-3-5-8-17)22(23-2)24-12-10-20-25-21(27-26-20)19-9-6-14-29-19/h3-9,14,16,18H,10-13,15H2,1-2H3,(H,23,24)(H,25,26,27). The Bertz CT molecular complexity index is 918. The number of furan rings is 1. The van der Waals surface area contributed by atoms with Crippen LogP contribution in [0.4, 0.5) is 0 Å². The Morgan fingerprint density at radius 1 is 1.28 bits per heavy atom. The number of aromatic amines is 1. The summed E-state index contributed by atoms with van der Waals surface area (Å²) in [6.07, 6.45) is 3.50. The molecule has 4 rings (SSSR count). The number of aliphatic imine (C=N–C) groups is 1. The van der Waals surface area contributed by atoms with Crippen molar-refractivity contribution in [3.05, 3.63) is 60.1 Å². The molecule has 7 nitrogen and oxygen atoms in total. The van der Waals surface area contributed by atoms with Gasteiger partial charge in [0.25, 0.3) is 0 Å². The summed E-state index contributed by atoms with van der Waals surface area (Å²) in [6, 6.07) is 14.5. The van der Waals surface area contributed by atoms with Crippen LogP contribution >= 0.6 is 0 Å². The first kappa shape index (κ1) is 19.2. The molecule has 3 aromatic rings. The van der Waals surface area contributed by atoms with E-state index < -0.39 is 0 Å². The SMILES string of the molecule is CN=C(NCCc1nc(-c2ccco2)n[nH]1)N1CCC(c2ccccc2)C(C)C1. The van der Waals surface area contributed by atoms with E-state index in [4.69, 9.17) is 4.42 Å². The number of guanidine groups is 1. The third-order valence-electron chi connectivity index (χ3n) is 5.56. The lowest BCUT2D eigenvalue weighted by Crippen LogP contribution is -2.48. The summed E-state index contributed by atoms with van der Waals surface area (Å²) in [5.41, 5.74) is 1.44. The fourth-order valence-electron chi connectivity index (χ4n) is 4.08. The van der Waals surface area contributed by atoms with Crippen molar-refractivity contribution in [1.82, 2.24) is 25.4 Å². The molecule has 7 heteroatoms. The average molecular weight is 393 g/mol. The number of nitrogens with zero attached hydrogens (tertiary/aromatic N) is 4. The Balaban J connectivity index is 1.29. The number of rotatable bonds is 5. The highest BCUT2D eigenvalue weighted by Gasteiger charge is 2.28. The molecule has 2 N–H and O–H groups in total. The molecule has 1 fully saturated rings. The maximum atomic E-state index is 5.34. The molecule has 3 heterocycles. The maximum Gasteiger partial charge on any atom is 0.216 e. The minimum Gasteiger partial charge on any atom is -0.461 e. The molecule has 0 spiro atoms. The van der Waals surface area contributed by atoms with Gasteiger partial charge in [-0.3, -0.25) is 10.1 Å². The van der Waals surface area contributed by atoms with Crippen LogP contribution in [-0.4, -0.2) is 52.7 Å². The molecule has 1 aromatic carbocycles. The van der Waals surface area contributed by atoms with E-state index in [1.807, 2.05) is 19.2 Å². The number of likely N-dealkylation sites (tertiary alicyclic amines) is 1. The number of piperidine rings is 1. The molecule has 0 aliphatic carbocycles. The number of nitrogens with one attached hydrogen (secondary N) is 2. The number of benzene rings is 1. The minimum atomic E-state index is 0.579. The summed E-state index contributed by atoms with van der Waals surface area (Å²) in [6.45, 7) is 5.09. The minimum absolute atomic E-state index is 0.579. The summed E-state index contributed by atoms with van der Waals surface area (Å²) in [4.78, 5) is 11.3. The highest BCUT2D eigenvalue weighted by Crippen LogP contribution is 2.32. The number of hydrogen-bond donors (Lipinski definition) is 2. The molecule has 0 bridgehead atoms. The van der Waals surface area contributed by atoms with Gasteiger partial charge in [-0.25, -0.2) is 4.98 Å². The van der Waals surface area contributed by atoms with Crippen LogP contribution in [0.3, 0.4) is 0 Å². The molecule has 0 radical (unpaired) electrons. The second-order valence-corrected chi connectivity index (χ2v) is 7.54. The Kier molecular flexibility index (Phi) is 5.93. The van der Waals surface area contributed by atoms with Crippen LogP contribution in [0.2, 0.25) is 0 Å². The van der Waals surface area contributed by atoms with E-state index >= 15 is 0 Å². The van der Waals surface area contributed by atoms with Crippen LogP contribution in [0.25, 0.3) is 11.6 Å². The van der Waals surface area contributed by atoms with E-state index in [9.17, 15) is 0 Å². The van der Waals surface area contributed by atoms with E-state index in [-0.39, 0.29) is 0 Å². The van der Waals surface area contributed by atoms with E-state index in [0.717, 1.165) is 44.3 Å². The van der Waals surface area contributed by atoms with Crippen molar-refractivity contribution < 1.29 is 4.42 Å². The quantitative estimate of drug-likeness (QED) is 0.514. The molecule has 29 heavy (non-hydrogen) atoms. The Hall–Kier alpha value is -3.09. The zero-order valence-electron chi connectivity index (χ0n) is 17.0. The molecule has 0 saturated carbocycles. The molecule has 2 aromatic heterocycles. The van der Waals surface area contributed by atoms with Crippen molar-refractivity contribution in [3.8, 4) is 11.6 Å². The highest BCUT2D eigenvalue weighted by atomic mass is 16.3. The van der Waals surface area contributed by atoms with Crippen molar-refractivity contribution in [1.29, 1.82) is 0 Å². The molecular formula is C22H28N6O. The van der Waals surface area contributed by atoms with E-state index in [0.29, 0.717) is 23.4 Å². The highest BCUT2D eigenvalue weighted by molar-refractivity contribution is 5.80. The smallest absolute Gasteiger partial charge is 0.216 e. The normalized spacial score (nSPS) is 20.1. The molecule has 1 aliphatic heterocycles. The topological polar surface area (TPSA) is 82.3 Å². The van der Waals surface area contributed by atoms with E-state index in [1.165, 1.54) is 5.56 Å². The predicted octanol–water partition coefficient (Wildman–Crippen LogP) is 3.31. The zero-order valence-corrected chi connectivity index (χ0v) is 17.0. The van der Waals surface area contributed by atoms with Crippen molar-refractivity contribution in [2.24, 2.45) is 10.9 Å². The van der Waals surface area contributed by atoms with Gasteiger partial charge < -0.3 is 14.6 Å². The summed E-state index contributed by atoms with van der Waals surface area (Å²) in [7, 11) is 1.85. The van der Waals surface area contributed by atoms with Gasteiger partial charge in [0.2, 0.25) is 5.82 Å². The summed E-state index contributed by atoms with van der Waals surface area (Å²) in [5, 5.41) is 10.7. The molecule has 1 saturated heterocycles. The van der Waals surface area contributed by atoms with Crippen LogP contribution in [0.5, 0.6) is 0 Å². The van der Waals surface area contributed by atoms with Crippen molar-refractivity contribution in [3.63, 3.8) is 0 Å². The first-order chi connectivity index (χ1) is 14.2. The zero-order chi connectivity index (χ0) is 20.1. The lowest BCUT2D eigenvalue weighted by molar-refractivity contribution is 0.234. The van der Waals surface area contributed by atoms with Crippen LogP contribution in [0.1, 0.15) is 30.7 Å². The van der Waals surface area contributed by atoms with Gasteiger partial charge in [0, 0.05) is 33.1 Å². The van der Waals surface area contributed by atoms with Gasteiger partial charge >= 0.3 is 0 Å². The molecular weight excluding hydrogens is 364 g/mol. The molecule has 2 atom stereocenters. The first-order valence-electron chi connectivity index (χ1n) is 10.2. The van der Waals surface area contributed by atoms with Crippen LogP contribution in [0, 0.1) is 5.92 Å². The van der Waals surface area contributed by atoms with Gasteiger partial charge in [-0.15, -0.1) is 0 Å². The first-order valence-corrected chi connectivity index (χ1v) is 10.2. The molecule has 2 unspecified atom stereocenters. The van der Waals surface area contributed by atoms with E-state index in [2.05, 4.69) is 67.6 Å². The second kappa shape index (κ2) is 8.94. The lowest BCUT2D eigenvalue weighted by Gasteiger charge is -2.38. The van der Waals surface area contributed by atoms with Gasteiger partial charge in [-0.1, -0.05) is 37.3 Å². The van der Waals surface area contributed by atoms with Gasteiger partial charge in [0.1, 0.15) is 5.82 Å². The monoisotopic (exact) mass is 392 g/mol. The molecule has 152 valence electrons. The predicted molar refractivity (Wildman–Crippen MR) is 114 cm³/mol. The van der Waals surface area contributed by atoms with Gasteiger partial charge in [0.05, 0.1) is 6.26 Å². The Morgan fingerprint density at radius 3 is 2.86 bits per heavy atom. The number of hydrogen-bond acceptors (Lipinski definition) is 4. The largest absolute Gasteiger partial charge is 0.461 e. The molecule has 1 aliphatic rings. The third kappa shape index (κ3) is 4.50. The summed E-state index contributed by atoms with van der Waals surface area (Å²) in [5.74, 6) is 4.23. The number of H-pyrrole nitrogens is 1. The van der Waals surface area contributed by atoms with Crippen LogP contribution < -0.4 is 5.32 Å². The maximum absolute atomic E-state index is 5.34. The third-order valence-corrected chi connectivity index (χ3v) is 5.56. The van der Waals surface area contributed by atoms with Crippen LogP contribution in [0.15, 0.2) is 58.1 Å². The van der Waals surface area contributed by atoms with E-state index in [1.54, 1.807) is 6.26 Å². The fraction of sp³-hybridized carbons (Fsp3) is 0.409. The molecule has 0 amide bonds. The summed E-state index contributed by atoms with van der Waals surface area (Å²) >= 11 is 0. The summed E-state index contributed by atoms with van der Waals surface area (Å²) < 4.78 is 5.34. The van der Waals surface area contributed by atoms with Gasteiger partial charge in [0.15, 0.2) is 11.7 Å². The Labute approximate surface area is 171 Å². The van der Waals surface area contributed by atoms with Crippen molar-refractivity contribution in [2.75, 3.05) is 26.7 Å². The van der Waals surface area contributed by atoms with Crippen molar-refractivity contribution in [2.45, 2.75) is 25.7 Å². The van der Waals surface area contributed by atoms with Gasteiger partial charge in [-0.05, 0) is 36.0 Å². The fourth-order valence-corrected chi connectivity index (χ4v) is 4.08. The number of aromatic nitrogens is 3. The Morgan fingerprint density at radius 2 is 2.14 bits per heavy atom.